The standard InChI is InChI=1S/C13H11ClN2O3S/c14-10-3-5-11(6-4-10)16-13(17)9-1-7-12(8-2-9)20(15,18)19/h1-8H,(H,16,17)(H2,15,18,19). The van der Waals surface area contributed by atoms with Crippen molar-refractivity contribution in [3.05, 3.63) is 59.1 Å². The van der Waals surface area contributed by atoms with E-state index >= 15 is 0 Å². The van der Waals surface area contributed by atoms with E-state index in [-0.39, 0.29) is 10.8 Å². The monoisotopic (exact) mass is 310 g/mol. The van der Waals surface area contributed by atoms with E-state index in [9.17, 15) is 13.2 Å². The zero-order valence-electron chi connectivity index (χ0n) is 10.2. The number of hydrogen-bond acceptors (Lipinski definition) is 3. The molecule has 0 saturated carbocycles. The summed E-state index contributed by atoms with van der Waals surface area (Å²) in [5.41, 5.74) is 0.919. The Bertz CT molecular complexity index is 725. The van der Waals surface area contributed by atoms with Crippen LogP contribution in [0.25, 0.3) is 0 Å². The van der Waals surface area contributed by atoms with Gasteiger partial charge in [0.2, 0.25) is 10.0 Å². The number of carbonyl (C=O) groups is 1. The fraction of sp³-hybridized carbons (Fsp3) is 0. The van der Waals surface area contributed by atoms with Crippen LogP contribution in [-0.2, 0) is 10.0 Å². The Balaban J connectivity index is 2.15. The largest absolute Gasteiger partial charge is 0.322 e. The van der Waals surface area contributed by atoms with Crippen molar-refractivity contribution >= 4 is 33.2 Å². The van der Waals surface area contributed by atoms with Gasteiger partial charge in [-0.1, -0.05) is 11.6 Å². The molecule has 0 aliphatic carbocycles. The first-order valence-corrected chi connectivity index (χ1v) is 7.48. The summed E-state index contributed by atoms with van der Waals surface area (Å²) in [4.78, 5) is 11.9. The van der Waals surface area contributed by atoms with E-state index in [0.29, 0.717) is 16.3 Å². The number of sulfonamides is 1. The van der Waals surface area contributed by atoms with Crippen molar-refractivity contribution in [2.45, 2.75) is 4.90 Å². The number of amides is 1. The van der Waals surface area contributed by atoms with Gasteiger partial charge in [-0.3, -0.25) is 4.79 Å². The maximum absolute atomic E-state index is 11.9. The number of anilines is 1. The van der Waals surface area contributed by atoms with E-state index in [0.717, 1.165) is 0 Å². The molecule has 2 aromatic rings. The summed E-state index contributed by atoms with van der Waals surface area (Å²) in [6.07, 6.45) is 0. The quantitative estimate of drug-likeness (QED) is 0.911. The van der Waals surface area contributed by atoms with Crippen LogP contribution in [-0.4, -0.2) is 14.3 Å². The molecule has 0 aliphatic heterocycles. The Morgan fingerprint density at radius 2 is 1.55 bits per heavy atom. The molecule has 3 N–H and O–H groups in total. The van der Waals surface area contributed by atoms with Crippen molar-refractivity contribution in [3.63, 3.8) is 0 Å². The minimum Gasteiger partial charge on any atom is -0.322 e. The van der Waals surface area contributed by atoms with Gasteiger partial charge in [-0.15, -0.1) is 0 Å². The number of carbonyl (C=O) groups excluding carboxylic acids is 1. The number of nitrogens with one attached hydrogen (secondary N) is 1. The molecule has 1 amide bonds. The predicted molar refractivity (Wildman–Crippen MR) is 77.2 cm³/mol. The number of hydrogen-bond donors (Lipinski definition) is 2. The van der Waals surface area contributed by atoms with Crippen molar-refractivity contribution in [2.24, 2.45) is 5.14 Å². The van der Waals surface area contributed by atoms with Gasteiger partial charge in [0, 0.05) is 16.3 Å². The third-order valence-corrected chi connectivity index (χ3v) is 3.73. The topological polar surface area (TPSA) is 89.3 Å². The van der Waals surface area contributed by atoms with Crippen LogP contribution in [0.4, 0.5) is 5.69 Å². The van der Waals surface area contributed by atoms with E-state index in [4.69, 9.17) is 16.7 Å². The second kappa shape index (κ2) is 5.62. The molecule has 0 heterocycles. The smallest absolute Gasteiger partial charge is 0.255 e. The molecule has 2 rings (SSSR count). The number of primary sulfonamides is 1. The minimum absolute atomic E-state index is 0.0412. The molecule has 0 unspecified atom stereocenters. The summed E-state index contributed by atoms with van der Waals surface area (Å²) in [7, 11) is -3.76. The fourth-order valence-electron chi connectivity index (χ4n) is 1.53. The molecule has 0 spiro atoms. The summed E-state index contributed by atoms with van der Waals surface area (Å²) < 4.78 is 22.2. The highest BCUT2D eigenvalue weighted by Gasteiger charge is 2.10. The molecular weight excluding hydrogens is 300 g/mol. The molecule has 7 heteroatoms. The Morgan fingerprint density at radius 1 is 1.00 bits per heavy atom. The third kappa shape index (κ3) is 3.57. The van der Waals surface area contributed by atoms with E-state index in [1.807, 2.05) is 0 Å². The second-order valence-electron chi connectivity index (χ2n) is 4.03. The highest BCUT2D eigenvalue weighted by molar-refractivity contribution is 7.89. The van der Waals surface area contributed by atoms with Crippen molar-refractivity contribution in [1.82, 2.24) is 0 Å². The summed E-state index contributed by atoms with van der Waals surface area (Å²) in [6.45, 7) is 0. The molecule has 0 atom stereocenters. The van der Waals surface area contributed by atoms with E-state index in [1.165, 1.54) is 24.3 Å². The van der Waals surface area contributed by atoms with Crippen LogP contribution in [0.15, 0.2) is 53.4 Å². The molecule has 0 fully saturated rings. The van der Waals surface area contributed by atoms with Crippen molar-refractivity contribution in [3.8, 4) is 0 Å². The first-order valence-electron chi connectivity index (χ1n) is 5.56. The average Bonchev–Trinajstić information content (AvgIpc) is 2.40. The Hall–Kier alpha value is -1.89. The lowest BCUT2D eigenvalue weighted by atomic mass is 10.2. The summed E-state index contributed by atoms with van der Waals surface area (Å²) in [5, 5.41) is 8.22. The third-order valence-electron chi connectivity index (χ3n) is 2.55. The molecule has 0 bridgehead atoms. The van der Waals surface area contributed by atoms with Crippen LogP contribution in [0.2, 0.25) is 5.02 Å². The van der Waals surface area contributed by atoms with Gasteiger partial charge in [0.15, 0.2) is 0 Å². The Morgan fingerprint density at radius 3 is 2.05 bits per heavy atom. The van der Waals surface area contributed by atoms with Gasteiger partial charge in [0.1, 0.15) is 0 Å². The van der Waals surface area contributed by atoms with Crippen molar-refractivity contribution < 1.29 is 13.2 Å². The number of rotatable bonds is 3. The lowest BCUT2D eigenvalue weighted by molar-refractivity contribution is 0.102. The number of benzene rings is 2. The van der Waals surface area contributed by atoms with Gasteiger partial charge >= 0.3 is 0 Å². The van der Waals surface area contributed by atoms with E-state index in [1.54, 1.807) is 24.3 Å². The predicted octanol–water partition coefficient (Wildman–Crippen LogP) is 2.24. The maximum Gasteiger partial charge on any atom is 0.255 e. The fourth-order valence-corrected chi connectivity index (χ4v) is 2.17. The zero-order chi connectivity index (χ0) is 14.8. The summed E-state index contributed by atoms with van der Waals surface area (Å²) in [5.74, 6) is -0.353. The van der Waals surface area contributed by atoms with Gasteiger partial charge in [-0.25, -0.2) is 13.6 Å². The number of halogens is 1. The van der Waals surface area contributed by atoms with Gasteiger partial charge in [0.05, 0.1) is 4.90 Å². The summed E-state index contributed by atoms with van der Waals surface area (Å²) in [6, 6.07) is 12.0. The molecule has 20 heavy (non-hydrogen) atoms. The van der Waals surface area contributed by atoms with Gasteiger partial charge in [-0.2, -0.15) is 0 Å². The minimum atomic E-state index is -3.76. The number of nitrogens with two attached hydrogens (primary N) is 1. The average molecular weight is 311 g/mol. The Labute approximate surface area is 121 Å². The van der Waals surface area contributed by atoms with Crippen LogP contribution >= 0.6 is 11.6 Å². The molecule has 0 radical (unpaired) electrons. The lowest BCUT2D eigenvalue weighted by Crippen LogP contribution is -2.14. The molecule has 2 aromatic carbocycles. The van der Waals surface area contributed by atoms with Crippen LogP contribution in [0.1, 0.15) is 10.4 Å². The highest BCUT2D eigenvalue weighted by atomic mass is 35.5. The molecule has 0 saturated heterocycles. The van der Waals surface area contributed by atoms with Crippen LogP contribution in [0.5, 0.6) is 0 Å². The van der Waals surface area contributed by atoms with Gasteiger partial charge in [-0.05, 0) is 48.5 Å². The highest BCUT2D eigenvalue weighted by Crippen LogP contribution is 2.15. The van der Waals surface area contributed by atoms with Gasteiger partial charge < -0.3 is 5.32 Å². The van der Waals surface area contributed by atoms with Crippen molar-refractivity contribution in [1.29, 1.82) is 0 Å². The normalized spacial score (nSPS) is 11.1. The maximum atomic E-state index is 11.9. The Kier molecular flexibility index (Phi) is 4.08. The van der Waals surface area contributed by atoms with E-state index in [2.05, 4.69) is 5.32 Å². The molecule has 0 aromatic heterocycles. The second-order valence-corrected chi connectivity index (χ2v) is 6.03. The van der Waals surface area contributed by atoms with Crippen LogP contribution in [0.3, 0.4) is 0 Å². The molecule has 0 aliphatic rings. The lowest BCUT2D eigenvalue weighted by Gasteiger charge is -2.06. The molecule has 104 valence electrons. The molecule has 5 nitrogen and oxygen atoms in total. The van der Waals surface area contributed by atoms with Gasteiger partial charge in [0.25, 0.3) is 5.91 Å². The SMILES string of the molecule is NS(=O)(=O)c1ccc(C(=O)Nc2ccc(Cl)cc2)cc1. The van der Waals surface area contributed by atoms with Crippen LogP contribution in [0, 0.1) is 0 Å². The first kappa shape index (κ1) is 14.5. The van der Waals surface area contributed by atoms with Crippen LogP contribution < -0.4 is 10.5 Å². The van der Waals surface area contributed by atoms with E-state index < -0.39 is 10.0 Å². The zero-order valence-corrected chi connectivity index (χ0v) is 11.8. The van der Waals surface area contributed by atoms with Crippen molar-refractivity contribution in [2.75, 3.05) is 5.32 Å². The summed E-state index contributed by atoms with van der Waals surface area (Å²) >= 11 is 5.74. The first-order chi connectivity index (χ1) is 9.36. The molecular formula is C13H11ClN2O3S.